The Labute approximate surface area is 105 Å². The van der Waals surface area contributed by atoms with Crippen molar-refractivity contribution in [2.75, 3.05) is 0 Å². The van der Waals surface area contributed by atoms with Gasteiger partial charge < -0.3 is 4.74 Å². The van der Waals surface area contributed by atoms with Crippen molar-refractivity contribution in [3.05, 3.63) is 28.2 Å². The molecule has 94 valence electrons. The highest BCUT2D eigenvalue weighted by molar-refractivity contribution is 9.10. The molecular weight excluding hydrogens is 301 g/mol. The molecule has 0 aromatic heterocycles. The number of rotatable bonds is 3. The van der Waals surface area contributed by atoms with Gasteiger partial charge in [0.05, 0.1) is 5.56 Å². The zero-order valence-electron chi connectivity index (χ0n) is 9.14. The van der Waals surface area contributed by atoms with Crippen LogP contribution in [0.5, 0.6) is 5.75 Å². The van der Waals surface area contributed by atoms with E-state index in [2.05, 4.69) is 20.7 Å². The van der Waals surface area contributed by atoms with Gasteiger partial charge in [0.25, 0.3) is 0 Å². The lowest BCUT2D eigenvalue weighted by Gasteiger charge is -2.14. The minimum absolute atomic E-state index is 0.0771. The average molecular weight is 311 g/mol. The molecule has 1 rings (SSSR count). The summed E-state index contributed by atoms with van der Waals surface area (Å²) in [7, 11) is 0. The second-order valence-electron chi connectivity index (χ2n) is 3.71. The fraction of sp³-hybridized carbons (Fsp3) is 0.364. The number of carbonyl (C=O) groups excluding carboxylic acids is 1. The fourth-order valence-electron chi connectivity index (χ4n) is 1.22. The largest absolute Gasteiger partial charge is 0.573 e. The molecule has 0 aliphatic rings. The summed E-state index contributed by atoms with van der Waals surface area (Å²) in [5, 5.41) is 0. The zero-order valence-corrected chi connectivity index (χ0v) is 10.7. The van der Waals surface area contributed by atoms with Crippen LogP contribution in [0.4, 0.5) is 13.2 Å². The monoisotopic (exact) mass is 310 g/mol. The van der Waals surface area contributed by atoms with Gasteiger partial charge >= 0.3 is 6.36 Å². The molecule has 0 atom stereocenters. The van der Waals surface area contributed by atoms with Crippen LogP contribution in [0, 0.1) is 5.92 Å². The summed E-state index contributed by atoms with van der Waals surface area (Å²) in [6.45, 7) is 3.22. The lowest BCUT2D eigenvalue weighted by molar-refractivity contribution is -0.274. The van der Waals surface area contributed by atoms with E-state index in [4.69, 9.17) is 0 Å². The Morgan fingerprint density at radius 3 is 2.41 bits per heavy atom. The van der Waals surface area contributed by atoms with Crippen molar-refractivity contribution >= 4 is 21.7 Å². The summed E-state index contributed by atoms with van der Waals surface area (Å²) in [6, 6.07) is 3.83. The summed E-state index contributed by atoms with van der Waals surface area (Å²) >= 11 is 3.10. The maximum Gasteiger partial charge on any atom is 0.573 e. The van der Waals surface area contributed by atoms with Crippen LogP contribution in [0.1, 0.15) is 24.2 Å². The molecule has 0 bridgehead atoms. The van der Waals surface area contributed by atoms with E-state index in [-0.39, 0.29) is 5.56 Å². The molecule has 0 aliphatic heterocycles. The Hall–Kier alpha value is -1.04. The number of benzene rings is 1. The number of Topliss-reactive ketones (excluding diaryl/α,β-unsaturated/α-hetero) is 1. The molecule has 0 saturated heterocycles. The Balaban J connectivity index is 3.17. The molecular formula is C11H10BrF3O2. The molecule has 17 heavy (non-hydrogen) atoms. The molecule has 2 nitrogen and oxygen atoms in total. The van der Waals surface area contributed by atoms with Crippen LogP contribution in [-0.4, -0.2) is 12.1 Å². The zero-order chi connectivity index (χ0) is 13.2. The lowest BCUT2D eigenvalue weighted by Crippen LogP contribution is -2.20. The van der Waals surface area contributed by atoms with Gasteiger partial charge in [0.15, 0.2) is 5.78 Å². The topological polar surface area (TPSA) is 26.3 Å². The maximum atomic E-state index is 12.1. The Morgan fingerprint density at radius 2 is 1.94 bits per heavy atom. The molecule has 1 aromatic rings. The van der Waals surface area contributed by atoms with E-state index in [1.165, 1.54) is 12.1 Å². The quantitative estimate of drug-likeness (QED) is 0.783. The normalized spacial score (nSPS) is 11.7. The average Bonchev–Trinajstić information content (AvgIpc) is 2.17. The first-order valence-electron chi connectivity index (χ1n) is 4.80. The number of halogens is 4. The highest BCUT2D eigenvalue weighted by Crippen LogP contribution is 2.30. The van der Waals surface area contributed by atoms with Crippen molar-refractivity contribution in [2.45, 2.75) is 20.2 Å². The van der Waals surface area contributed by atoms with E-state index in [9.17, 15) is 18.0 Å². The van der Waals surface area contributed by atoms with Crippen molar-refractivity contribution in [3.63, 3.8) is 0 Å². The molecule has 0 radical (unpaired) electrons. The molecule has 0 fully saturated rings. The van der Waals surface area contributed by atoms with Gasteiger partial charge in [-0.3, -0.25) is 4.79 Å². The Bertz CT molecular complexity index is 427. The van der Waals surface area contributed by atoms with Gasteiger partial charge in [-0.2, -0.15) is 0 Å². The molecule has 6 heteroatoms. The number of alkyl halides is 3. The molecule has 0 amide bonds. The maximum absolute atomic E-state index is 12.1. The molecule has 0 N–H and O–H groups in total. The smallest absolute Gasteiger partial charge is 0.405 e. The van der Waals surface area contributed by atoms with Crippen molar-refractivity contribution in [1.82, 2.24) is 0 Å². The van der Waals surface area contributed by atoms with Crippen molar-refractivity contribution in [1.29, 1.82) is 0 Å². The predicted octanol–water partition coefficient (Wildman–Crippen LogP) is 4.19. The first-order valence-corrected chi connectivity index (χ1v) is 5.59. The van der Waals surface area contributed by atoms with E-state index >= 15 is 0 Å². The van der Waals surface area contributed by atoms with Crippen LogP contribution >= 0.6 is 15.9 Å². The minimum Gasteiger partial charge on any atom is -0.405 e. The molecule has 1 aromatic carbocycles. The minimum atomic E-state index is -4.81. The third-order valence-corrected chi connectivity index (χ3v) is 2.45. The van der Waals surface area contributed by atoms with Crippen molar-refractivity contribution in [2.24, 2.45) is 5.92 Å². The SMILES string of the molecule is CC(C)C(=O)c1cc(Br)ccc1OC(F)(F)F. The number of ether oxygens (including phenoxy) is 1. The number of carbonyl (C=O) groups is 1. The van der Waals surface area contributed by atoms with Crippen molar-refractivity contribution in [3.8, 4) is 5.75 Å². The fourth-order valence-corrected chi connectivity index (χ4v) is 1.58. The Kier molecular flexibility index (Phi) is 4.19. The van der Waals surface area contributed by atoms with Gasteiger partial charge in [-0.15, -0.1) is 13.2 Å². The van der Waals surface area contributed by atoms with Gasteiger partial charge in [-0.1, -0.05) is 29.8 Å². The first-order chi connectivity index (χ1) is 7.70. The van der Waals surface area contributed by atoms with Gasteiger partial charge in [0, 0.05) is 10.4 Å². The predicted molar refractivity (Wildman–Crippen MR) is 60.0 cm³/mol. The van der Waals surface area contributed by atoms with E-state index in [1.807, 2.05) is 0 Å². The van der Waals surface area contributed by atoms with E-state index in [0.717, 1.165) is 6.07 Å². The third-order valence-electron chi connectivity index (χ3n) is 1.96. The van der Waals surface area contributed by atoms with Gasteiger partial charge in [0.1, 0.15) is 5.75 Å². The van der Waals surface area contributed by atoms with Crippen LogP contribution in [0.25, 0.3) is 0 Å². The van der Waals surface area contributed by atoms with E-state index < -0.39 is 23.8 Å². The second kappa shape index (κ2) is 5.08. The highest BCUT2D eigenvalue weighted by Gasteiger charge is 2.33. The molecule has 0 aliphatic carbocycles. The Morgan fingerprint density at radius 1 is 1.35 bits per heavy atom. The van der Waals surface area contributed by atoms with Gasteiger partial charge in [0.2, 0.25) is 0 Å². The third kappa shape index (κ3) is 4.03. The van der Waals surface area contributed by atoms with Crippen LogP contribution in [0.3, 0.4) is 0 Å². The number of hydrogen-bond donors (Lipinski definition) is 0. The summed E-state index contributed by atoms with van der Waals surface area (Å²) in [5.41, 5.74) is -0.0771. The van der Waals surface area contributed by atoms with Crippen LogP contribution in [-0.2, 0) is 0 Å². The number of hydrogen-bond acceptors (Lipinski definition) is 2. The van der Waals surface area contributed by atoms with Crippen LogP contribution in [0.2, 0.25) is 0 Å². The second-order valence-corrected chi connectivity index (χ2v) is 4.62. The number of ketones is 1. The van der Waals surface area contributed by atoms with Crippen molar-refractivity contribution < 1.29 is 22.7 Å². The van der Waals surface area contributed by atoms with Crippen LogP contribution in [0.15, 0.2) is 22.7 Å². The van der Waals surface area contributed by atoms with E-state index in [0.29, 0.717) is 4.47 Å². The summed E-state index contributed by atoms with van der Waals surface area (Å²) in [6.07, 6.45) is -4.81. The van der Waals surface area contributed by atoms with Gasteiger partial charge in [-0.25, -0.2) is 0 Å². The standard InChI is InChI=1S/C11H10BrF3O2/c1-6(2)10(16)8-5-7(12)3-4-9(8)17-11(13,14)15/h3-6H,1-2H3. The summed E-state index contributed by atoms with van der Waals surface area (Å²) < 4.78 is 40.8. The summed E-state index contributed by atoms with van der Waals surface area (Å²) in [4.78, 5) is 11.7. The first kappa shape index (κ1) is 14.0. The molecule has 0 heterocycles. The van der Waals surface area contributed by atoms with Gasteiger partial charge in [-0.05, 0) is 18.2 Å². The highest BCUT2D eigenvalue weighted by atomic mass is 79.9. The molecule has 0 spiro atoms. The van der Waals surface area contributed by atoms with Crippen LogP contribution < -0.4 is 4.74 Å². The van der Waals surface area contributed by atoms with E-state index in [1.54, 1.807) is 13.8 Å². The summed E-state index contributed by atoms with van der Waals surface area (Å²) in [5.74, 6) is -1.27. The molecule has 0 saturated carbocycles. The molecule has 0 unspecified atom stereocenters. The lowest BCUT2D eigenvalue weighted by atomic mass is 10.0.